The summed E-state index contributed by atoms with van der Waals surface area (Å²) in [6.07, 6.45) is 0.544. The van der Waals surface area contributed by atoms with Crippen molar-refractivity contribution in [3.63, 3.8) is 0 Å². The monoisotopic (exact) mass is 222 g/mol. The van der Waals surface area contributed by atoms with E-state index in [1.54, 1.807) is 0 Å². The summed E-state index contributed by atoms with van der Waals surface area (Å²) in [5.41, 5.74) is 2.78. The molecule has 4 nitrogen and oxygen atoms in total. The van der Waals surface area contributed by atoms with Crippen molar-refractivity contribution in [1.29, 1.82) is 0 Å². The number of β-amino-alcohol motifs (C(OH)–C–C–N with tert-alkyl or cyclic N) is 1. The van der Waals surface area contributed by atoms with Crippen molar-refractivity contribution in [2.45, 2.75) is 19.1 Å². The summed E-state index contributed by atoms with van der Waals surface area (Å²) in [7, 11) is 0. The maximum Gasteiger partial charge on any atom is 0.0951 e. The Bertz CT molecular complexity index is 344. The van der Waals surface area contributed by atoms with Crippen molar-refractivity contribution < 1.29 is 9.94 Å². The number of aliphatic hydroxyl groups excluding tert-OH is 1. The van der Waals surface area contributed by atoms with Crippen LogP contribution in [0.5, 0.6) is 0 Å². The van der Waals surface area contributed by atoms with Crippen LogP contribution in [0, 0.1) is 0 Å². The molecule has 0 bridgehead atoms. The molecule has 0 amide bonds. The molecule has 1 aromatic carbocycles. The predicted octanol–water partition coefficient (Wildman–Crippen LogP) is 0.296. The molecule has 0 fully saturated rings. The Morgan fingerprint density at radius 2 is 2.12 bits per heavy atom. The molecule has 0 radical (unpaired) electrons. The van der Waals surface area contributed by atoms with E-state index in [1.807, 2.05) is 0 Å². The molecule has 0 spiro atoms. The van der Waals surface area contributed by atoms with Gasteiger partial charge in [0.25, 0.3) is 0 Å². The largest absolute Gasteiger partial charge is 0.389 e. The van der Waals surface area contributed by atoms with Crippen molar-refractivity contribution in [2.24, 2.45) is 5.90 Å². The lowest BCUT2D eigenvalue weighted by Gasteiger charge is -2.30. The van der Waals surface area contributed by atoms with E-state index in [-0.39, 0.29) is 6.61 Å². The highest BCUT2D eigenvalue weighted by molar-refractivity contribution is 5.29. The van der Waals surface area contributed by atoms with Crippen LogP contribution in [0.1, 0.15) is 11.1 Å². The fourth-order valence-corrected chi connectivity index (χ4v) is 2.17. The Labute approximate surface area is 95.6 Å². The molecule has 16 heavy (non-hydrogen) atoms. The molecule has 1 atom stereocenters. The highest BCUT2D eigenvalue weighted by Gasteiger charge is 2.18. The van der Waals surface area contributed by atoms with Crippen molar-refractivity contribution in [3.05, 3.63) is 35.4 Å². The van der Waals surface area contributed by atoms with Crippen LogP contribution in [0.2, 0.25) is 0 Å². The number of fused-ring (bicyclic) bond motifs is 1. The normalized spacial score (nSPS) is 18.1. The average molecular weight is 222 g/mol. The van der Waals surface area contributed by atoms with E-state index >= 15 is 0 Å². The maximum atomic E-state index is 9.60. The quantitative estimate of drug-likeness (QED) is 0.719. The number of nitrogens with two attached hydrogens (primary N) is 1. The maximum absolute atomic E-state index is 9.60. The van der Waals surface area contributed by atoms with Gasteiger partial charge in [0.05, 0.1) is 12.7 Å². The average Bonchev–Trinajstić information content (AvgIpc) is 2.29. The Morgan fingerprint density at radius 3 is 2.88 bits per heavy atom. The minimum absolute atomic E-state index is 0.193. The summed E-state index contributed by atoms with van der Waals surface area (Å²) in [6, 6.07) is 8.45. The molecular weight excluding hydrogens is 204 g/mol. The van der Waals surface area contributed by atoms with Crippen LogP contribution < -0.4 is 5.90 Å². The van der Waals surface area contributed by atoms with Crippen LogP contribution in [0.15, 0.2) is 24.3 Å². The van der Waals surface area contributed by atoms with E-state index in [1.165, 1.54) is 11.1 Å². The number of aliphatic hydroxyl groups is 1. The summed E-state index contributed by atoms with van der Waals surface area (Å²) in [5.74, 6) is 4.93. The van der Waals surface area contributed by atoms with E-state index in [9.17, 15) is 5.11 Å². The van der Waals surface area contributed by atoms with E-state index in [4.69, 9.17) is 5.90 Å². The van der Waals surface area contributed by atoms with Gasteiger partial charge in [0.2, 0.25) is 0 Å². The number of hydrogen-bond acceptors (Lipinski definition) is 4. The molecule has 88 valence electrons. The fraction of sp³-hybridized carbons (Fsp3) is 0.500. The van der Waals surface area contributed by atoms with Crippen molar-refractivity contribution in [2.75, 3.05) is 19.7 Å². The molecule has 1 aromatic rings. The lowest BCUT2D eigenvalue weighted by atomic mass is 10.00. The third-order valence-electron chi connectivity index (χ3n) is 2.97. The highest BCUT2D eigenvalue weighted by atomic mass is 16.6. The molecule has 0 saturated heterocycles. The van der Waals surface area contributed by atoms with E-state index < -0.39 is 6.10 Å². The van der Waals surface area contributed by atoms with Crippen LogP contribution in [-0.4, -0.2) is 35.8 Å². The lowest BCUT2D eigenvalue weighted by Crippen LogP contribution is -2.38. The van der Waals surface area contributed by atoms with Gasteiger partial charge in [0, 0.05) is 19.6 Å². The zero-order valence-corrected chi connectivity index (χ0v) is 9.30. The second-order valence-electron chi connectivity index (χ2n) is 4.24. The fourth-order valence-electron chi connectivity index (χ4n) is 2.17. The molecule has 0 saturated carbocycles. The van der Waals surface area contributed by atoms with Crippen molar-refractivity contribution in [1.82, 2.24) is 4.90 Å². The summed E-state index contributed by atoms with van der Waals surface area (Å²) in [5, 5.41) is 9.60. The Morgan fingerprint density at radius 1 is 1.38 bits per heavy atom. The third kappa shape index (κ3) is 2.80. The highest BCUT2D eigenvalue weighted by Crippen LogP contribution is 2.18. The SMILES string of the molecule is NOCC(O)CN1CCc2ccccc2C1. The number of nitrogens with zero attached hydrogens (tertiary/aromatic N) is 1. The first kappa shape index (κ1) is 11.5. The zero-order chi connectivity index (χ0) is 11.4. The first-order valence-electron chi connectivity index (χ1n) is 5.58. The first-order chi connectivity index (χ1) is 7.79. The summed E-state index contributed by atoms with van der Waals surface area (Å²) in [4.78, 5) is 6.67. The number of rotatable bonds is 4. The minimum Gasteiger partial charge on any atom is -0.389 e. The van der Waals surface area contributed by atoms with Gasteiger partial charge in [-0.25, -0.2) is 5.90 Å². The Kier molecular flexibility index (Phi) is 3.90. The molecule has 1 heterocycles. The Balaban J connectivity index is 1.92. The molecule has 0 aromatic heterocycles. The van der Waals surface area contributed by atoms with Gasteiger partial charge < -0.3 is 9.94 Å². The molecule has 4 heteroatoms. The van der Waals surface area contributed by atoms with E-state index in [0.29, 0.717) is 6.54 Å². The second-order valence-corrected chi connectivity index (χ2v) is 4.24. The molecule has 1 unspecified atom stereocenters. The van der Waals surface area contributed by atoms with Gasteiger partial charge in [-0.1, -0.05) is 24.3 Å². The van der Waals surface area contributed by atoms with Gasteiger partial charge in [-0.3, -0.25) is 4.90 Å². The molecule has 1 aliphatic rings. The Hall–Kier alpha value is -0.940. The van der Waals surface area contributed by atoms with Crippen LogP contribution in [-0.2, 0) is 17.8 Å². The van der Waals surface area contributed by atoms with Crippen molar-refractivity contribution in [3.8, 4) is 0 Å². The lowest BCUT2D eigenvalue weighted by molar-refractivity contribution is 0.0139. The minimum atomic E-state index is -0.504. The van der Waals surface area contributed by atoms with Crippen LogP contribution in [0.25, 0.3) is 0 Å². The van der Waals surface area contributed by atoms with Gasteiger partial charge in [-0.2, -0.15) is 0 Å². The van der Waals surface area contributed by atoms with Gasteiger partial charge in [-0.05, 0) is 17.5 Å². The number of benzene rings is 1. The second kappa shape index (κ2) is 5.41. The molecule has 3 N–H and O–H groups in total. The van der Waals surface area contributed by atoms with Crippen LogP contribution in [0.4, 0.5) is 0 Å². The van der Waals surface area contributed by atoms with Gasteiger partial charge >= 0.3 is 0 Å². The third-order valence-corrected chi connectivity index (χ3v) is 2.97. The summed E-state index contributed by atoms with van der Waals surface area (Å²) >= 11 is 0. The molecule has 0 aliphatic carbocycles. The molecule has 1 aliphatic heterocycles. The standard InChI is InChI=1S/C12H18N2O2/c13-16-9-12(15)8-14-6-5-10-3-1-2-4-11(10)7-14/h1-4,12,15H,5-9,13H2. The molecule has 2 rings (SSSR count). The van der Waals surface area contributed by atoms with Gasteiger partial charge in [0.1, 0.15) is 0 Å². The van der Waals surface area contributed by atoms with E-state index in [0.717, 1.165) is 19.5 Å². The summed E-state index contributed by atoms with van der Waals surface area (Å²) in [6.45, 7) is 2.69. The van der Waals surface area contributed by atoms with Crippen LogP contribution >= 0.6 is 0 Å². The topological polar surface area (TPSA) is 58.7 Å². The van der Waals surface area contributed by atoms with Gasteiger partial charge in [-0.15, -0.1) is 0 Å². The predicted molar refractivity (Wildman–Crippen MR) is 61.6 cm³/mol. The van der Waals surface area contributed by atoms with Crippen LogP contribution in [0.3, 0.4) is 0 Å². The van der Waals surface area contributed by atoms with E-state index in [2.05, 4.69) is 34.0 Å². The zero-order valence-electron chi connectivity index (χ0n) is 9.30. The number of hydrogen-bond donors (Lipinski definition) is 2. The first-order valence-corrected chi connectivity index (χ1v) is 5.58. The molecular formula is C12H18N2O2. The van der Waals surface area contributed by atoms with Crippen molar-refractivity contribution >= 4 is 0 Å². The smallest absolute Gasteiger partial charge is 0.0951 e. The summed E-state index contributed by atoms with van der Waals surface area (Å²) < 4.78 is 0. The van der Waals surface area contributed by atoms with Gasteiger partial charge in [0.15, 0.2) is 0 Å².